The summed E-state index contributed by atoms with van der Waals surface area (Å²) in [5.41, 5.74) is 8.40. The molecule has 2 amide bonds. The maximum Gasteiger partial charge on any atom is 0.262 e. The molecule has 3 N–H and O–H groups in total. The van der Waals surface area contributed by atoms with E-state index in [9.17, 15) is 9.59 Å². The maximum absolute atomic E-state index is 12.4. The van der Waals surface area contributed by atoms with Crippen molar-refractivity contribution < 1.29 is 14.3 Å². The third-order valence-corrected chi connectivity index (χ3v) is 6.77. The first-order valence-corrected chi connectivity index (χ1v) is 10.6. The first-order chi connectivity index (χ1) is 13.3. The predicted octanol–water partition coefficient (Wildman–Crippen LogP) is 4.43. The third kappa shape index (κ3) is 4.38. The molecule has 0 bridgehead atoms. The van der Waals surface area contributed by atoms with Crippen LogP contribution in [0.3, 0.4) is 0 Å². The Hall–Kier alpha value is -2.34. The van der Waals surface area contributed by atoms with Gasteiger partial charge in [-0.05, 0) is 60.8 Å². The number of ether oxygens (including phenoxy) is 1. The highest BCUT2D eigenvalue weighted by Gasteiger charge is 2.25. The quantitative estimate of drug-likeness (QED) is 0.721. The lowest BCUT2D eigenvalue weighted by Crippen LogP contribution is -2.22. The fraction of sp³-hybridized carbons (Fsp3) is 0.455. The number of carbonyl (C=O) groups is 2. The average molecular weight is 401 g/mol. The Bertz CT molecular complexity index is 869. The van der Waals surface area contributed by atoms with Gasteiger partial charge in [0.05, 0.1) is 5.56 Å². The van der Waals surface area contributed by atoms with Gasteiger partial charge in [0, 0.05) is 4.88 Å². The average Bonchev–Trinajstić information content (AvgIpc) is 3.04. The van der Waals surface area contributed by atoms with Crippen LogP contribution < -0.4 is 15.8 Å². The highest BCUT2D eigenvalue weighted by molar-refractivity contribution is 7.17. The van der Waals surface area contributed by atoms with Crippen molar-refractivity contribution in [2.75, 3.05) is 11.9 Å². The fourth-order valence-corrected chi connectivity index (χ4v) is 4.74. The van der Waals surface area contributed by atoms with Gasteiger partial charge in [0.25, 0.3) is 11.8 Å². The number of benzene rings is 1. The molecule has 1 aliphatic rings. The monoisotopic (exact) mass is 400 g/mol. The minimum atomic E-state index is -0.482. The molecule has 0 saturated carbocycles. The number of anilines is 1. The summed E-state index contributed by atoms with van der Waals surface area (Å²) in [4.78, 5) is 25.4. The Balaban J connectivity index is 1.64. The molecule has 6 heteroatoms. The molecule has 0 aliphatic heterocycles. The number of hydrogen-bond acceptors (Lipinski definition) is 4. The summed E-state index contributed by atoms with van der Waals surface area (Å²) in [7, 11) is 0. The van der Waals surface area contributed by atoms with Crippen molar-refractivity contribution in [3.05, 3.63) is 45.8 Å². The van der Waals surface area contributed by atoms with Gasteiger partial charge >= 0.3 is 0 Å². The van der Waals surface area contributed by atoms with Gasteiger partial charge in [0.15, 0.2) is 6.61 Å². The SMILES string of the molecule is CCC(C)(C)c1ccc(OCC(=O)Nc2sc3c(c2C(N)=O)CCCC3)cc1. The van der Waals surface area contributed by atoms with E-state index in [0.29, 0.717) is 16.3 Å². The van der Waals surface area contributed by atoms with E-state index < -0.39 is 5.91 Å². The van der Waals surface area contributed by atoms with E-state index in [4.69, 9.17) is 10.5 Å². The third-order valence-electron chi connectivity index (χ3n) is 5.56. The molecule has 0 saturated heterocycles. The summed E-state index contributed by atoms with van der Waals surface area (Å²) in [5.74, 6) is -0.129. The molecule has 1 aliphatic carbocycles. The summed E-state index contributed by atoms with van der Waals surface area (Å²) in [6, 6.07) is 7.85. The molecule has 0 atom stereocenters. The highest BCUT2D eigenvalue weighted by atomic mass is 32.1. The second kappa shape index (κ2) is 8.35. The molecule has 150 valence electrons. The van der Waals surface area contributed by atoms with E-state index in [0.717, 1.165) is 42.5 Å². The number of nitrogens with one attached hydrogen (secondary N) is 1. The molecule has 1 heterocycles. The van der Waals surface area contributed by atoms with Gasteiger partial charge in [-0.3, -0.25) is 9.59 Å². The van der Waals surface area contributed by atoms with E-state index >= 15 is 0 Å². The van der Waals surface area contributed by atoms with Crippen LogP contribution in [0.1, 0.15) is 66.4 Å². The van der Waals surface area contributed by atoms with Crippen LogP contribution in [0.5, 0.6) is 5.75 Å². The first kappa shape index (κ1) is 20.4. The van der Waals surface area contributed by atoms with Gasteiger partial charge < -0.3 is 15.8 Å². The van der Waals surface area contributed by atoms with Gasteiger partial charge in [-0.1, -0.05) is 32.9 Å². The van der Waals surface area contributed by atoms with E-state index in [1.54, 1.807) is 0 Å². The largest absolute Gasteiger partial charge is 0.484 e. The van der Waals surface area contributed by atoms with Crippen molar-refractivity contribution in [2.24, 2.45) is 5.73 Å². The predicted molar refractivity (Wildman–Crippen MR) is 113 cm³/mol. The van der Waals surface area contributed by atoms with E-state index in [1.165, 1.54) is 16.9 Å². The van der Waals surface area contributed by atoms with Gasteiger partial charge in [-0.25, -0.2) is 0 Å². The molecule has 2 aromatic rings. The summed E-state index contributed by atoms with van der Waals surface area (Å²) in [5, 5.41) is 3.37. The minimum absolute atomic E-state index is 0.110. The lowest BCUT2D eigenvalue weighted by molar-refractivity contribution is -0.118. The van der Waals surface area contributed by atoms with Crippen LogP contribution in [0.25, 0.3) is 0 Å². The van der Waals surface area contributed by atoms with Crippen molar-refractivity contribution in [1.29, 1.82) is 0 Å². The second-order valence-corrected chi connectivity index (χ2v) is 8.98. The Kier molecular flexibility index (Phi) is 6.08. The topological polar surface area (TPSA) is 81.4 Å². The zero-order chi connectivity index (χ0) is 20.3. The number of thiophene rings is 1. The molecular formula is C22H28N2O3S. The smallest absolute Gasteiger partial charge is 0.262 e. The number of rotatable bonds is 7. The van der Waals surface area contributed by atoms with Gasteiger partial charge in [-0.15, -0.1) is 11.3 Å². The van der Waals surface area contributed by atoms with Crippen molar-refractivity contribution in [2.45, 2.75) is 58.3 Å². The second-order valence-electron chi connectivity index (χ2n) is 7.88. The number of fused-ring (bicyclic) bond motifs is 1. The van der Waals surface area contributed by atoms with E-state index in [2.05, 4.69) is 26.1 Å². The summed E-state index contributed by atoms with van der Waals surface area (Å²) < 4.78 is 5.62. The molecule has 1 aromatic carbocycles. The molecule has 28 heavy (non-hydrogen) atoms. The molecule has 0 spiro atoms. The summed E-state index contributed by atoms with van der Waals surface area (Å²) in [6.45, 7) is 6.45. The molecule has 0 unspecified atom stereocenters. The molecular weight excluding hydrogens is 372 g/mol. The first-order valence-electron chi connectivity index (χ1n) is 9.79. The molecule has 0 fully saturated rings. The summed E-state index contributed by atoms with van der Waals surface area (Å²) in [6.07, 6.45) is 4.98. The standard InChI is InChI=1S/C22H28N2O3S/c1-4-22(2,3)14-9-11-15(12-10-14)27-13-18(25)24-21-19(20(23)26)16-7-5-6-8-17(16)28-21/h9-12H,4-8,13H2,1-3H3,(H2,23,26)(H,24,25). The maximum atomic E-state index is 12.4. The Morgan fingerprint density at radius 3 is 2.50 bits per heavy atom. The lowest BCUT2D eigenvalue weighted by Gasteiger charge is -2.23. The van der Waals surface area contributed by atoms with Crippen molar-refractivity contribution >= 4 is 28.2 Å². The molecule has 0 radical (unpaired) electrons. The molecule has 5 nitrogen and oxygen atoms in total. The minimum Gasteiger partial charge on any atom is -0.484 e. The van der Waals surface area contributed by atoms with Crippen molar-refractivity contribution in [1.82, 2.24) is 0 Å². The highest BCUT2D eigenvalue weighted by Crippen LogP contribution is 2.37. The van der Waals surface area contributed by atoms with E-state index in [-0.39, 0.29) is 17.9 Å². The molecule has 3 rings (SSSR count). The number of hydrogen-bond donors (Lipinski definition) is 2. The normalized spacial score (nSPS) is 13.7. The number of nitrogens with two attached hydrogens (primary N) is 1. The van der Waals surface area contributed by atoms with Gasteiger partial charge in [0.2, 0.25) is 0 Å². The van der Waals surface area contributed by atoms with Crippen LogP contribution in [-0.2, 0) is 23.1 Å². The summed E-state index contributed by atoms with van der Waals surface area (Å²) >= 11 is 1.46. The zero-order valence-corrected chi connectivity index (χ0v) is 17.6. The van der Waals surface area contributed by atoms with Crippen LogP contribution >= 0.6 is 11.3 Å². The number of primary amides is 1. The Morgan fingerprint density at radius 2 is 1.86 bits per heavy atom. The van der Waals surface area contributed by atoms with Crippen LogP contribution in [0.15, 0.2) is 24.3 Å². The van der Waals surface area contributed by atoms with Gasteiger partial charge in [0.1, 0.15) is 10.8 Å². The lowest BCUT2D eigenvalue weighted by atomic mass is 9.82. The van der Waals surface area contributed by atoms with Gasteiger partial charge in [-0.2, -0.15) is 0 Å². The van der Waals surface area contributed by atoms with Crippen LogP contribution in [-0.4, -0.2) is 18.4 Å². The fourth-order valence-electron chi connectivity index (χ4n) is 3.43. The Labute approximate surface area is 170 Å². The van der Waals surface area contributed by atoms with Crippen LogP contribution in [0, 0.1) is 0 Å². The van der Waals surface area contributed by atoms with Crippen molar-refractivity contribution in [3.63, 3.8) is 0 Å². The number of amides is 2. The van der Waals surface area contributed by atoms with Crippen molar-refractivity contribution in [3.8, 4) is 5.75 Å². The van der Waals surface area contributed by atoms with E-state index in [1.807, 2.05) is 24.3 Å². The van der Waals surface area contributed by atoms with Crippen LogP contribution in [0.4, 0.5) is 5.00 Å². The van der Waals surface area contributed by atoms with Crippen LogP contribution in [0.2, 0.25) is 0 Å². The Morgan fingerprint density at radius 1 is 1.18 bits per heavy atom. The number of carbonyl (C=O) groups excluding carboxylic acids is 2. The number of aryl methyl sites for hydroxylation is 1. The molecule has 1 aromatic heterocycles. The zero-order valence-electron chi connectivity index (χ0n) is 16.8.